The van der Waals surface area contributed by atoms with Crippen LogP contribution in [-0.4, -0.2) is 38.9 Å². The second kappa shape index (κ2) is 6.72. The average Bonchev–Trinajstić information content (AvgIpc) is 2.94. The molecule has 0 aliphatic carbocycles. The molecule has 2 amide bonds. The Morgan fingerprint density at radius 2 is 2.19 bits per heavy atom. The molecule has 0 unspecified atom stereocenters. The number of carbonyl (C=O) groups excluding carboxylic acids is 2. The zero-order valence-corrected chi connectivity index (χ0v) is 11.5. The number of aromatic nitrogens is 3. The monoisotopic (exact) mass is 309 g/mol. The molecule has 0 bridgehead atoms. The Morgan fingerprint density at radius 3 is 2.81 bits per heavy atom. The number of nitrogens with two attached hydrogens (primary N) is 1. The second-order valence-corrected chi connectivity index (χ2v) is 4.86. The molecular formula is C11H11N5O4S. The molecule has 0 aliphatic heterocycles. The third kappa shape index (κ3) is 4.19. The molecule has 0 atom stereocenters. The molecule has 0 spiro atoms. The molecule has 0 radical (unpaired) electrons. The van der Waals surface area contributed by atoms with Gasteiger partial charge in [-0.05, 0) is 6.07 Å². The molecule has 0 saturated carbocycles. The summed E-state index contributed by atoms with van der Waals surface area (Å²) in [5.41, 5.74) is 5.35. The van der Waals surface area contributed by atoms with Crippen molar-refractivity contribution < 1.29 is 19.4 Å². The lowest BCUT2D eigenvalue weighted by molar-refractivity contribution is -0.123. The topological polar surface area (TPSA) is 140 Å². The summed E-state index contributed by atoms with van der Waals surface area (Å²) in [6.07, 6.45) is 0.626. The predicted octanol–water partition coefficient (Wildman–Crippen LogP) is -0.334. The van der Waals surface area contributed by atoms with E-state index in [1.54, 1.807) is 12.3 Å². The summed E-state index contributed by atoms with van der Waals surface area (Å²) < 4.78 is 4.56. The highest BCUT2D eigenvalue weighted by molar-refractivity contribution is 7.15. The van der Waals surface area contributed by atoms with E-state index in [9.17, 15) is 9.59 Å². The number of thiazole rings is 1. The fraction of sp³-hybridized carbons (Fsp3) is 0.182. The van der Waals surface area contributed by atoms with E-state index in [4.69, 9.17) is 10.8 Å². The molecule has 0 fully saturated rings. The van der Waals surface area contributed by atoms with Crippen LogP contribution in [0.4, 0.5) is 4.79 Å². The summed E-state index contributed by atoms with van der Waals surface area (Å²) in [6, 6.07) is 3.03. The van der Waals surface area contributed by atoms with Gasteiger partial charge in [0.25, 0.3) is 0 Å². The standard InChI is InChI=1S/C11H11N5O4S/c12-11(19)20-9-2-1-7(15-16-9)10-14-4-6(21-10)3-13-8(18)5-17/h1-2,4,17H,3,5H2,(H2,12,19)(H,13,18). The summed E-state index contributed by atoms with van der Waals surface area (Å²) >= 11 is 1.32. The lowest BCUT2D eigenvalue weighted by Gasteiger charge is -1.99. The molecule has 9 nitrogen and oxygen atoms in total. The van der Waals surface area contributed by atoms with Crippen molar-refractivity contribution in [2.75, 3.05) is 6.61 Å². The first-order valence-electron chi connectivity index (χ1n) is 5.72. The van der Waals surface area contributed by atoms with Crippen LogP contribution in [0.15, 0.2) is 18.3 Å². The first kappa shape index (κ1) is 14.8. The van der Waals surface area contributed by atoms with Crippen molar-refractivity contribution in [2.45, 2.75) is 6.54 Å². The zero-order chi connectivity index (χ0) is 15.2. The number of rotatable bonds is 5. The van der Waals surface area contributed by atoms with Crippen LogP contribution in [-0.2, 0) is 11.3 Å². The highest BCUT2D eigenvalue weighted by Gasteiger charge is 2.09. The SMILES string of the molecule is NC(=O)Oc1ccc(-c2ncc(CNC(=O)CO)s2)nn1. The Morgan fingerprint density at radius 1 is 1.38 bits per heavy atom. The number of nitrogens with zero attached hydrogens (tertiary/aromatic N) is 3. The molecule has 2 aromatic rings. The van der Waals surface area contributed by atoms with Gasteiger partial charge >= 0.3 is 6.09 Å². The number of hydrogen-bond donors (Lipinski definition) is 3. The summed E-state index contributed by atoms with van der Waals surface area (Å²) in [5, 5.41) is 19.3. The number of aliphatic hydroxyl groups is 1. The van der Waals surface area contributed by atoms with E-state index in [1.165, 1.54) is 17.4 Å². The van der Waals surface area contributed by atoms with Crippen LogP contribution >= 0.6 is 11.3 Å². The third-order valence-electron chi connectivity index (χ3n) is 2.22. The first-order chi connectivity index (χ1) is 10.1. The minimum Gasteiger partial charge on any atom is -0.390 e. The van der Waals surface area contributed by atoms with Gasteiger partial charge in [0.2, 0.25) is 11.8 Å². The van der Waals surface area contributed by atoms with Crippen molar-refractivity contribution in [3.05, 3.63) is 23.2 Å². The molecule has 0 aromatic carbocycles. The number of nitrogens with one attached hydrogen (secondary N) is 1. The largest absolute Gasteiger partial charge is 0.411 e. The van der Waals surface area contributed by atoms with Gasteiger partial charge in [0.05, 0.1) is 6.54 Å². The smallest absolute Gasteiger partial charge is 0.390 e. The molecular weight excluding hydrogens is 298 g/mol. The van der Waals surface area contributed by atoms with Crippen molar-refractivity contribution in [3.8, 4) is 16.6 Å². The summed E-state index contributed by atoms with van der Waals surface area (Å²) in [5.74, 6) is -0.462. The molecule has 21 heavy (non-hydrogen) atoms. The van der Waals surface area contributed by atoms with Crippen LogP contribution in [0.2, 0.25) is 0 Å². The van der Waals surface area contributed by atoms with Crippen LogP contribution in [0.5, 0.6) is 5.88 Å². The van der Waals surface area contributed by atoms with Crippen molar-refractivity contribution in [3.63, 3.8) is 0 Å². The Bertz CT molecular complexity index is 642. The number of carbonyl (C=O) groups is 2. The van der Waals surface area contributed by atoms with Crippen LogP contribution in [0.25, 0.3) is 10.7 Å². The van der Waals surface area contributed by atoms with Gasteiger partial charge in [-0.1, -0.05) is 0 Å². The summed E-state index contributed by atoms with van der Waals surface area (Å²) in [4.78, 5) is 26.4. The predicted molar refractivity (Wildman–Crippen MR) is 72.3 cm³/mol. The van der Waals surface area contributed by atoms with Gasteiger partial charge in [0.15, 0.2) is 0 Å². The Balaban J connectivity index is 2.03. The van der Waals surface area contributed by atoms with E-state index in [0.717, 1.165) is 4.88 Å². The first-order valence-corrected chi connectivity index (χ1v) is 6.54. The zero-order valence-electron chi connectivity index (χ0n) is 10.6. The number of amides is 2. The van der Waals surface area contributed by atoms with Crippen LogP contribution in [0, 0.1) is 0 Å². The van der Waals surface area contributed by atoms with E-state index in [0.29, 0.717) is 10.7 Å². The van der Waals surface area contributed by atoms with Gasteiger partial charge in [0.1, 0.15) is 17.3 Å². The molecule has 2 rings (SSSR count). The van der Waals surface area contributed by atoms with E-state index in [2.05, 4.69) is 25.2 Å². The number of hydrogen-bond acceptors (Lipinski definition) is 8. The Kier molecular flexibility index (Phi) is 4.74. The molecule has 4 N–H and O–H groups in total. The molecule has 10 heteroatoms. The van der Waals surface area contributed by atoms with Gasteiger partial charge in [-0.2, -0.15) is 0 Å². The van der Waals surface area contributed by atoms with Crippen molar-refractivity contribution in [1.29, 1.82) is 0 Å². The molecule has 0 saturated heterocycles. The fourth-order valence-electron chi connectivity index (χ4n) is 1.34. The van der Waals surface area contributed by atoms with Gasteiger partial charge in [-0.25, -0.2) is 9.78 Å². The van der Waals surface area contributed by atoms with Crippen LogP contribution in [0.1, 0.15) is 4.88 Å². The summed E-state index contributed by atoms with van der Waals surface area (Å²) in [6.45, 7) is -0.286. The van der Waals surface area contributed by atoms with E-state index < -0.39 is 18.6 Å². The van der Waals surface area contributed by atoms with Crippen molar-refractivity contribution >= 4 is 23.3 Å². The maximum Gasteiger partial charge on any atom is 0.411 e. The Hall–Kier alpha value is -2.59. The van der Waals surface area contributed by atoms with E-state index >= 15 is 0 Å². The van der Waals surface area contributed by atoms with E-state index in [-0.39, 0.29) is 12.4 Å². The maximum atomic E-state index is 10.9. The number of aliphatic hydroxyl groups excluding tert-OH is 1. The molecule has 110 valence electrons. The third-order valence-corrected chi connectivity index (χ3v) is 3.24. The minimum atomic E-state index is -0.965. The number of primary amides is 1. The molecule has 2 heterocycles. The van der Waals surface area contributed by atoms with Gasteiger partial charge in [-0.15, -0.1) is 21.5 Å². The van der Waals surface area contributed by atoms with Crippen LogP contribution < -0.4 is 15.8 Å². The van der Waals surface area contributed by atoms with Gasteiger partial charge in [-0.3, -0.25) is 4.79 Å². The highest BCUT2D eigenvalue weighted by atomic mass is 32.1. The van der Waals surface area contributed by atoms with Crippen LogP contribution in [0.3, 0.4) is 0 Å². The normalized spacial score (nSPS) is 10.1. The van der Waals surface area contributed by atoms with Gasteiger partial charge < -0.3 is 20.9 Å². The van der Waals surface area contributed by atoms with Crippen molar-refractivity contribution in [2.24, 2.45) is 5.73 Å². The second-order valence-electron chi connectivity index (χ2n) is 3.74. The molecule has 0 aliphatic rings. The average molecular weight is 309 g/mol. The fourth-order valence-corrected chi connectivity index (χ4v) is 2.16. The maximum absolute atomic E-state index is 10.9. The van der Waals surface area contributed by atoms with Crippen molar-refractivity contribution in [1.82, 2.24) is 20.5 Å². The highest BCUT2D eigenvalue weighted by Crippen LogP contribution is 2.23. The minimum absolute atomic E-state index is 0.00163. The quantitative estimate of drug-likeness (QED) is 0.686. The lowest BCUT2D eigenvalue weighted by atomic mass is 10.4. The molecule has 2 aromatic heterocycles. The van der Waals surface area contributed by atoms with E-state index in [1.807, 2.05) is 0 Å². The number of ether oxygens (including phenoxy) is 1. The Labute approximate surface area is 122 Å². The summed E-state index contributed by atoms with van der Waals surface area (Å²) in [7, 11) is 0. The van der Waals surface area contributed by atoms with Gasteiger partial charge in [0, 0.05) is 17.1 Å². The lowest BCUT2D eigenvalue weighted by Crippen LogP contribution is -2.25.